The molecular weight excluding hydrogens is 471 g/mol. The smallest absolute Gasteiger partial charge is 0.231 e. The fourth-order valence-corrected chi connectivity index (χ4v) is 3.56. The van der Waals surface area contributed by atoms with E-state index in [-0.39, 0.29) is 30.8 Å². The van der Waals surface area contributed by atoms with Gasteiger partial charge in [0.05, 0.1) is 6.26 Å². The summed E-state index contributed by atoms with van der Waals surface area (Å²) in [5, 5.41) is 6.34. The molecule has 8 nitrogen and oxygen atoms in total. The number of hydrogen-bond acceptors (Lipinski definition) is 5. The summed E-state index contributed by atoms with van der Waals surface area (Å²) < 4.78 is 36.0. The van der Waals surface area contributed by atoms with Crippen LogP contribution in [0.5, 0.6) is 11.5 Å². The molecule has 10 heteroatoms. The van der Waals surface area contributed by atoms with Gasteiger partial charge in [0.15, 0.2) is 17.5 Å². The molecule has 1 aliphatic rings. The molecule has 0 spiro atoms. The van der Waals surface area contributed by atoms with Crippen molar-refractivity contribution in [2.75, 3.05) is 33.2 Å². The van der Waals surface area contributed by atoms with E-state index in [2.05, 4.69) is 20.3 Å². The summed E-state index contributed by atoms with van der Waals surface area (Å²) in [6, 6.07) is 5.88. The normalized spacial score (nSPS) is 13.9. The lowest BCUT2D eigenvalue weighted by molar-refractivity contribution is 0.174. The molecule has 1 heterocycles. The molecule has 3 N–H and O–H groups in total. The van der Waals surface area contributed by atoms with Crippen LogP contribution in [0.3, 0.4) is 0 Å². The lowest BCUT2D eigenvalue weighted by atomic mass is 10.1. The lowest BCUT2D eigenvalue weighted by Gasteiger charge is -2.26. The second kappa shape index (κ2) is 9.60. The van der Waals surface area contributed by atoms with Gasteiger partial charge in [0.25, 0.3) is 0 Å². The molecular formula is C16H27IN4O4S. The molecule has 0 fully saturated rings. The summed E-state index contributed by atoms with van der Waals surface area (Å²) >= 11 is 0. The third-order valence-electron chi connectivity index (χ3n) is 3.53. The lowest BCUT2D eigenvalue weighted by Crippen LogP contribution is -2.53. The van der Waals surface area contributed by atoms with Crippen LogP contribution in [0.1, 0.15) is 19.4 Å². The largest absolute Gasteiger partial charge is 0.454 e. The molecule has 1 aromatic rings. The maximum atomic E-state index is 11.4. The number of ether oxygens (including phenoxy) is 2. The maximum Gasteiger partial charge on any atom is 0.231 e. The van der Waals surface area contributed by atoms with Crippen molar-refractivity contribution in [1.29, 1.82) is 0 Å². The number of guanidine groups is 1. The van der Waals surface area contributed by atoms with E-state index < -0.39 is 15.6 Å². The molecule has 0 saturated heterocycles. The molecule has 148 valence electrons. The molecule has 26 heavy (non-hydrogen) atoms. The highest BCUT2D eigenvalue weighted by Gasteiger charge is 2.22. The second-order valence-corrected chi connectivity index (χ2v) is 8.30. The third-order valence-corrected chi connectivity index (χ3v) is 4.45. The summed E-state index contributed by atoms with van der Waals surface area (Å²) in [5.41, 5.74) is 0.508. The molecule has 0 unspecified atom stereocenters. The number of halogens is 1. The Labute approximate surface area is 172 Å². The molecule has 0 amide bonds. The zero-order chi connectivity index (χ0) is 18.5. The number of sulfonamides is 1. The third kappa shape index (κ3) is 7.54. The Morgan fingerprint density at radius 3 is 2.58 bits per heavy atom. The van der Waals surface area contributed by atoms with Crippen LogP contribution in [0.25, 0.3) is 0 Å². The van der Waals surface area contributed by atoms with Crippen molar-refractivity contribution in [3.63, 3.8) is 0 Å². The standard InChI is InChI=1S/C16H26N4O4S.HI/c1-16(2,20-25(4,21)22)10-19-15(17-3)18-8-7-12-5-6-13-14(9-12)24-11-23-13;/h5-6,9,20H,7-8,10-11H2,1-4H3,(H2,17,18,19);1H. The van der Waals surface area contributed by atoms with E-state index in [0.717, 1.165) is 29.7 Å². The zero-order valence-electron chi connectivity index (χ0n) is 15.5. The Hall–Kier alpha value is -1.27. The van der Waals surface area contributed by atoms with Crippen LogP contribution < -0.4 is 24.8 Å². The van der Waals surface area contributed by atoms with Crippen LogP contribution in [0.2, 0.25) is 0 Å². The van der Waals surface area contributed by atoms with Crippen molar-refractivity contribution in [1.82, 2.24) is 15.4 Å². The molecule has 0 bridgehead atoms. The molecule has 0 atom stereocenters. The van der Waals surface area contributed by atoms with Gasteiger partial charge in [-0.2, -0.15) is 0 Å². The van der Waals surface area contributed by atoms with E-state index in [0.29, 0.717) is 19.0 Å². The van der Waals surface area contributed by atoms with Gasteiger partial charge in [-0.25, -0.2) is 13.1 Å². The number of rotatable bonds is 7. The Morgan fingerprint density at radius 1 is 1.23 bits per heavy atom. The first-order valence-corrected chi connectivity index (χ1v) is 9.90. The number of fused-ring (bicyclic) bond motifs is 1. The monoisotopic (exact) mass is 498 g/mol. The van der Waals surface area contributed by atoms with Crippen LogP contribution in [-0.4, -0.2) is 53.1 Å². The summed E-state index contributed by atoms with van der Waals surface area (Å²) in [7, 11) is -1.59. The first kappa shape index (κ1) is 22.8. The number of benzene rings is 1. The van der Waals surface area contributed by atoms with Crippen molar-refractivity contribution in [3.05, 3.63) is 23.8 Å². The Morgan fingerprint density at radius 2 is 1.92 bits per heavy atom. The fraction of sp³-hybridized carbons (Fsp3) is 0.562. The molecule has 1 aliphatic heterocycles. The second-order valence-electron chi connectivity index (χ2n) is 6.55. The number of hydrogen-bond donors (Lipinski definition) is 3. The fourth-order valence-electron chi connectivity index (χ4n) is 2.48. The first-order chi connectivity index (χ1) is 11.7. The van der Waals surface area contributed by atoms with E-state index in [9.17, 15) is 8.42 Å². The predicted octanol–water partition coefficient (Wildman–Crippen LogP) is 1.07. The molecule has 2 rings (SSSR count). The van der Waals surface area contributed by atoms with Gasteiger partial charge in [-0.15, -0.1) is 24.0 Å². The van der Waals surface area contributed by atoms with Crippen molar-refractivity contribution in [2.45, 2.75) is 25.8 Å². The van der Waals surface area contributed by atoms with Gasteiger partial charge in [0, 0.05) is 25.7 Å². The average Bonchev–Trinajstić information content (AvgIpc) is 2.95. The van der Waals surface area contributed by atoms with E-state index in [4.69, 9.17) is 9.47 Å². The highest BCUT2D eigenvalue weighted by atomic mass is 127. The quantitative estimate of drug-likeness (QED) is 0.296. The van der Waals surface area contributed by atoms with Gasteiger partial charge >= 0.3 is 0 Å². The highest BCUT2D eigenvalue weighted by molar-refractivity contribution is 14.0. The SMILES string of the molecule is CN=C(NCCc1ccc2c(c1)OCO2)NCC(C)(C)NS(C)(=O)=O.I. The summed E-state index contributed by atoms with van der Waals surface area (Å²) in [4.78, 5) is 4.15. The Balaban J connectivity index is 0.00000338. The van der Waals surface area contributed by atoms with E-state index >= 15 is 0 Å². The Kier molecular flexibility index (Phi) is 8.41. The highest BCUT2D eigenvalue weighted by Crippen LogP contribution is 2.32. The van der Waals surface area contributed by atoms with Crippen LogP contribution in [-0.2, 0) is 16.4 Å². The minimum atomic E-state index is -3.27. The van der Waals surface area contributed by atoms with E-state index in [1.807, 2.05) is 18.2 Å². The summed E-state index contributed by atoms with van der Waals surface area (Å²) in [6.45, 7) is 4.97. The topological polar surface area (TPSA) is 101 Å². The van der Waals surface area contributed by atoms with Gasteiger partial charge in [-0.05, 0) is 38.0 Å². The molecule has 0 radical (unpaired) electrons. The van der Waals surface area contributed by atoms with Crippen molar-refractivity contribution in [2.24, 2.45) is 4.99 Å². The predicted molar refractivity (Wildman–Crippen MR) is 113 cm³/mol. The number of nitrogens with one attached hydrogen (secondary N) is 3. The molecule has 1 aromatic carbocycles. The van der Waals surface area contributed by atoms with Crippen molar-refractivity contribution in [3.8, 4) is 11.5 Å². The molecule has 0 aliphatic carbocycles. The van der Waals surface area contributed by atoms with Gasteiger partial charge in [0.1, 0.15) is 0 Å². The van der Waals surface area contributed by atoms with Crippen LogP contribution >= 0.6 is 24.0 Å². The Bertz CT molecular complexity index is 738. The first-order valence-electron chi connectivity index (χ1n) is 8.00. The van der Waals surface area contributed by atoms with Gasteiger partial charge in [0.2, 0.25) is 16.8 Å². The van der Waals surface area contributed by atoms with Crippen molar-refractivity contribution < 1.29 is 17.9 Å². The minimum absolute atomic E-state index is 0. The van der Waals surface area contributed by atoms with E-state index in [1.54, 1.807) is 20.9 Å². The zero-order valence-corrected chi connectivity index (χ0v) is 18.6. The van der Waals surface area contributed by atoms with Crippen LogP contribution in [0.15, 0.2) is 23.2 Å². The minimum Gasteiger partial charge on any atom is -0.454 e. The van der Waals surface area contributed by atoms with Crippen molar-refractivity contribution >= 4 is 40.0 Å². The van der Waals surface area contributed by atoms with Crippen LogP contribution in [0.4, 0.5) is 0 Å². The summed E-state index contributed by atoms with van der Waals surface area (Å²) in [5.74, 6) is 2.16. The maximum absolute atomic E-state index is 11.4. The van der Waals surface area contributed by atoms with E-state index in [1.165, 1.54) is 0 Å². The van der Waals surface area contributed by atoms with Gasteiger partial charge in [-0.3, -0.25) is 4.99 Å². The average molecular weight is 498 g/mol. The van der Waals surface area contributed by atoms with Gasteiger partial charge in [-0.1, -0.05) is 6.07 Å². The summed E-state index contributed by atoms with van der Waals surface area (Å²) in [6.07, 6.45) is 1.94. The van der Waals surface area contributed by atoms with Crippen LogP contribution in [0, 0.1) is 0 Å². The number of aliphatic imine (C=N–C) groups is 1. The molecule has 0 aromatic heterocycles. The molecule has 0 saturated carbocycles. The number of nitrogens with zero attached hydrogens (tertiary/aromatic N) is 1. The van der Waals surface area contributed by atoms with Gasteiger partial charge < -0.3 is 20.1 Å².